The average Bonchev–Trinajstić information content (AvgIpc) is 2.54. The van der Waals surface area contributed by atoms with Gasteiger partial charge in [0.25, 0.3) is 23.6 Å². The highest BCUT2D eigenvalue weighted by Gasteiger charge is 2.39. The van der Waals surface area contributed by atoms with Gasteiger partial charge in [0.1, 0.15) is 0 Å². The maximum Gasteiger partial charge on any atom is 0.261 e. The van der Waals surface area contributed by atoms with E-state index in [1.807, 2.05) is 0 Å². The summed E-state index contributed by atoms with van der Waals surface area (Å²) in [5.74, 6) is -1.66. The van der Waals surface area contributed by atoms with Gasteiger partial charge in [-0.1, -0.05) is 0 Å². The van der Waals surface area contributed by atoms with Gasteiger partial charge in [0.15, 0.2) is 0 Å². The van der Waals surface area contributed by atoms with Crippen LogP contribution in [0.15, 0.2) is 12.1 Å². The summed E-state index contributed by atoms with van der Waals surface area (Å²) < 4.78 is 0. The Balaban J connectivity index is 2.33. The largest absolute Gasteiger partial charge is 0.277 e. The number of benzene rings is 2. The van der Waals surface area contributed by atoms with E-state index in [0.29, 0.717) is 44.2 Å². The first-order valence-corrected chi connectivity index (χ1v) is 7.51. The normalized spacial score (nSPS) is 16.5. The Morgan fingerprint density at radius 3 is 1.29 bits per heavy atom. The lowest BCUT2D eigenvalue weighted by Gasteiger charge is -2.31. The summed E-state index contributed by atoms with van der Waals surface area (Å²) in [5, 5.41) is 0.849. The van der Waals surface area contributed by atoms with Crippen molar-refractivity contribution >= 4 is 34.4 Å². The molecule has 0 atom stereocenters. The fraction of sp³-hybridized carbons (Fsp3) is 0.222. The molecular formula is C18H14N2O4. The zero-order valence-electron chi connectivity index (χ0n) is 13.7. The van der Waals surface area contributed by atoms with Crippen LogP contribution in [-0.4, -0.2) is 47.5 Å². The SMILES string of the molecule is Cc1cc2c3c(c(C)cc4c3c1C(=O)N(C)C4=O)C(=O)N(C)C2=O. The van der Waals surface area contributed by atoms with Gasteiger partial charge >= 0.3 is 0 Å². The quantitative estimate of drug-likeness (QED) is 0.694. The fourth-order valence-electron chi connectivity index (χ4n) is 3.67. The van der Waals surface area contributed by atoms with E-state index in [0.717, 1.165) is 9.80 Å². The molecule has 0 radical (unpaired) electrons. The molecule has 0 aromatic heterocycles. The molecule has 0 unspecified atom stereocenters. The van der Waals surface area contributed by atoms with E-state index in [4.69, 9.17) is 0 Å². The Bertz CT molecular complexity index is 952. The van der Waals surface area contributed by atoms with Crippen molar-refractivity contribution in [2.45, 2.75) is 13.8 Å². The molecule has 0 aliphatic carbocycles. The zero-order chi connectivity index (χ0) is 17.5. The molecule has 4 rings (SSSR count). The highest BCUT2D eigenvalue weighted by molar-refractivity contribution is 6.34. The minimum atomic E-state index is -0.419. The lowest BCUT2D eigenvalue weighted by atomic mass is 9.82. The number of carbonyl (C=O) groups is 4. The molecule has 0 bridgehead atoms. The summed E-state index contributed by atoms with van der Waals surface area (Å²) in [4.78, 5) is 52.5. The van der Waals surface area contributed by atoms with Crippen LogP contribution < -0.4 is 0 Å². The van der Waals surface area contributed by atoms with Crippen molar-refractivity contribution < 1.29 is 19.2 Å². The molecule has 0 spiro atoms. The molecule has 120 valence electrons. The first kappa shape index (κ1) is 14.6. The van der Waals surface area contributed by atoms with Crippen LogP contribution in [0.4, 0.5) is 0 Å². The fourth-order valence-corrected chi connectivity index (χ4v) is 3.67. The van der Waals surface area contributed by atoms with Crippen molar-refractivity contribution in [1.29, 1.82) is 0 Å². The average molecular weight is 322 g/mol. The van der Waals surface area contributed by atoms with Gasteiger partial charge in [-0.2, -0.15) is 0 Å². The first-order valence-electron chi connectivity index (χ1n) is 7.51. The van der Waals surface area contributed by atoms with Gasteiger partial charge < -0.3 is 0 Å². The monoisotopic (exact) mass is 322 g/mol. The van der Waals surface area contributed by atoms with Gasteiger partial charge in [0.2, 0.25) is 0 Å². The Kier molecular flexibility index (Phi) is 2.60. The minimum absolute atomic E-state index is 0.360. The van der Waals surface area contributed by atoms with Gasteiger partial charge in [-0.05, 0) is 37.1 Å². The molecule has 4 amide bonds. The van der Waals surface area contributed by atoms with Gasteiger partial charge in [-0.3, -0.25) is 29.0 Å². The van der Waals surface area contributed by atoms with Crippen molar-refractivity contribution in [3.05, 3.63) is 45.5 Å². The van der Waals surface area contributed by atoms with E-state index in [-0.39, 0.29) is 0 Å². The van der Waals surface area contributed by atoms with Crippen LogP contribution in [0, 0.1) is 13.8 Å². The van der Waals surface area contributed by atoms with Crippen molar-refractivity contribution in [3.8, 4) is 0 Å². The molecule has 2 aromatic carbocycles. The van der Waals surface area contributed by atoms with Crippen molar-refractivity contribution in [3.63, 3.8) is 0 Å². The van der Waals surface area contributed by atoms with E-state index in [2.05, 4.69) is 0 Å². The van der Waals surface area contributed by atoms with Crippen LogP contribution in [0.3, 0.4) is 0 Å². The summed E-state index contributed by atoms with van der Waals surface area (Å²) in [6.45, 7) is 3.47. The molecule has 6 heteroatoms. The van der Waals surface area contributed by atoms with Crippen molar-refractivity contribution in [2.75, 3.05) is 14.1 Å². The molecule has 6 nitrogen and oxygen atoms in total. The maximum absolute atomic E-state index is 12.6. The highest BCUT2D eigenvalue weighted by Crippen LogP contribution is 2.40. The Morgan fingerprint density at radius 2 is 0.958 bits per heavy atom. The summed E-state index contributed by atoms with van der Waals surface area (Å²) in [6, 6.07) is 3.27. The third kappa shape index (κ3) is 1.45. The van der Waals surface area contributed by atoms with E-state index >= 15 is 0 Å². The van der Waals surface area contributed by atoms with Crippen LogP contribution in [0.5, 0.6) is 0 Å². The maximum atomic E-state index is 12.6. The van der Waals surface area contributed by atoms with Crippen LogP contribution in [0.25, 0.3) is 10.8 Å². The molecule has 2 heterocycles. The number of imide groups is 2. The van der Waals surface area contributed by atoms with E-state index < -0.39 is 23.6 Å². The Labute approximate surface area is 137 Å². The molecule has 0 fully saturated rings. The Morgan fingerprint density at radius 1 is 0.625 bits per heavy atom. The van der Waals surface area contributed by atoms with Gasteiger partial charge in [-0.25, -0.2) is 0 Å². The van der Waals surface area contributed by atoms with E-state index in [9.17, 15) is 19.2 Å². The molecule has 0 saturated carbocycles. The zero-order valence-corrected chi connectivity index (χ0v) is 13.7. The van der Waals surface area contributed by atoms with E-state index in [1.165, 1.54) is 14.1 Å². The van der Waals surface area contributed by atoms with Crippen LogP contribution in [0.2, 0.25) is 0 Å². The van der Waals surface area contributed by atoms with Crippen LogP contribution >= 0.6 is 0 Å². The molecular weight excluding hydrogens is 308 g/mol. The molecule has 2 aliphatic rings. The summed E-state index contributed by atoms with van der Waals surface area (Å²) >= 11 is 0. The van der Waals surface area contributed by atoms with Crippen LogP contribution in [-0.2, 0) is 0 Å². The number of amides is 4. The van der Waals surface area contributed by atoms with Crippen molar-refractivity contribution in [2.24, 2.45) is 0 Å². The summed E-state index contributed by atoms with van der Waals surface area (Å²) in [5.41, 5.74) is 2.73. The predicted octanol–water partition coefficient (Wildman–Crippen LogP) is 1.91. The Hall–Kier alpha value is -3.02. The minimum Gasteiger partial charge on any atom is -0.277 e. The second kappa shape index (κ2) is 4.29. The first-order chi connectivity index (χ1) is 11.3. The summed E-state index contributed by atoms with van der Waals surface area (Å²) in [6.07, 6.45) is 0. The second-order valence-electron chi connectivity index (χ2n) is 6.32. The molecule has 2 aromatic rings. The predicted molar refractivity (Wildman–Crippen MR) is 86.3 cm³/mol. The van der Waals surface area contributed by atoms with Crippen LogP contribution in [0.1, 0.15) is 52.6 Å². The highest BCUT2D eigenvalue weighted by atomic mass is 16.2. The second-order valence-corrected chi connectivity index (χ2v) is 6.32. The van der Waals surface area contributed by atoms with Crippen molar-refractivity contribution in [1.82, 2.24) is 9.80 Å². The number of rotatable bonds is 0. The molecule has 24 heavy (non-hydrogen) atoms. The van der Waals surface area contributed by atoms with Gasteiger partial charge in [0, 0.05) is 36.0 Å². The number of hydrogen-bond donors (Lipinski definition) is 0. The molecule has 0 saturated heterocycles. The third-order valence-corrected chi connectivity index (χ3v) is 4.91. The standard InChI is InChI=1S/C18H14N2O4/c1-7-5-9-14-12(18(24)20(4)15(9)21)8(2)6-10-13(14)11(7)17(23)19(3)16(10)22/h5-6H,1-4H3. The number of aryl methyl sites for hydroxylation is 2. The molecule has 0 N–H and O–H groups in total. The lowest BCUT2D eigenvalue weighted by Crippen LogP contribution is -2.41. The number of hydrogen-bond acceptors (Lipinski definition) is 4. The van der Waals surface area contributed by atoms with Gasteiger partial charge in [0.05, 0.1) is 11.1 Å². The summed E-state index contributed by atoms with van der Waals surface area (Å²) in [7, 11) is 2.87. The van der Waals surface area contributed by atoms with Gasteiger partial charge in [-0.15, -0.1) is 0 Å². The third-order valence-electron chi connectivity index (χ3n) is 4.91. The van der Waals surface area contributed by atoms with E-state index in [1.54, 1.807) is 26.0 Å². The number of nitrogens with zero attached hydrogens (tertiary/aromatic N) is 2. The molecule has 2 aliphatic heterocycles. The lowest BCUT2D eigenvalue weighted by molar-refractivity contribution is 0.0628. The topological polar surface area (TPSA) is 74.8 Å². The number of carbonyl (C=O) groups excluding carboxylic acids is 4. The smallest absolute Gasteiger partial charge is 0.261 e.